The summed E-state index contributed by atoms with van der Waals surface area (Å²) in [4.78, 5) is 18.4. The van der Waals surface area contributed by atoms with Crippen molar-refractivity contribution in [2.45, 2.75) is 19.4 Å². The summed E-state index contributed by atoms with van der Waals surface area (Å²) in [6, 6.07) is 0. The van der Waals surface area contributed by atoms with Crippen LogP contribution < -0.4 is 0 Å². The van der Waals surface area contributed by atoms with Crippen molar-refractivity contribution < 1.29 is 4.79 Å². The molecular formula is C10H14N2OS. The number of likely N-dealkylation sites (tertiary alicyclic amines) is 1. The SMILES string of the molecule is O=CC1CCCN(Cc2cncs2)C1. The Balaban J connectivity index is 1.89. The Kier molecular flexibility index (Phi) is 3.26. The fourth-order valence-electron chi connectivity index (χ4n) is 1.89. The Morgan fingerprint density at radius 1 is 1.71 bits per heavy atom. The van der Waals surface area contributed by atoms with E-state index in [-0.39, 0.29) is 5.92 Å². The van der Waals surface area contributed by atoms with Crippen LogP contribution in [0, 0.1) is 5.92 Å². The number of piperidine rings is 1. The van der Waals surface area contributed by atoms with E-state index >= 15 is 0 Å². The molecule has 0 amide bonds. The highest BCUT2D eigenvalue weighted by molar-refractivity contribution is 7.09. The molecule has 4 heteroatoms. The third-order valence-corrected chi connectivity index (χ3v) is 3.36. The largest absolute Gasteiger partial charge is 0.303 e. The molecule has 2 heterocycles. The summed E-state index contributed by atoms with van der Waals surface area (Å²) in [6.07, 6.45) is 5.21. The Bertz CT molecular complexity index is 286. The van der Waals surface area contributed by atoms with Gasteiger partial charge in [0, 0.05) is 30.1 Å². The van der Waals surface area contributed by atoms with E-state index < -0.39 is 0 Å². The Labute approximate surface area is 87.8 Å². The molecular weight excluding hydrogens is 196 g/mol. The molecule has 0 aliphatic carbocycles. The minimum Gasteiger partial charge on any atom is -0.303 e. The van der Waals surface area contributed by atoms with Crippen LogP contribution in [0.1, 0.15) is 17.7 Å². The highest BCUT2D eigenvalue weighted by Crippen LogP contribution is 2.18. The molecule has 0 aromatic carbocycles. The second-order valence-electron chi connectivity index (χ2n) is 3.74. The predicted octanol–water partition coefficient (Wildman–Crippen LogP) is 1.55. The first-order valence-corrected chi connectivity index (χ1v) is 5.81. The van der Waals surface area contributed by atoms with Crippen LogP contribution >= 0.6 is 11.3 Å². The smallest absolute Gasteiger partial charge is 0.124 e. The molecule has 1 aliphatic heterocycles. The minimum atomic E-state index is 0.247. The van der Waals surface area contributed by atoms with Gasteiger partial charge in [0.05, 0.1) is 5.51 Å². The summed E-state index contributed by atoms with van der Waals surface area (Å²) in [7, 11) is 0. The van der Waals surface area contributed by atoms with Gasteiger partial charge in [0.15, 0.2) is 0 Å². The topological polar surface area (TPSA) is 33.2 Å². The Morgan fingerprint density at radius 3 is 3.36 bits per heavy atom. The average molecular weight is 210 g/mol. The highest BCUT2D eigenvalue weighted by atomic mass is 32.1. The number of hydrogen-bond acceptors (Lipinski definition) is 4. The molecule has 1 fully saturated rings. The van der Waals surface area contributed by atoms with Gasteiger partial charge in [-0.05, 0) is 19.4 Å². The lowest BCUT2D eigenvalue weighted by Crippen LogP contribution is -2.35. The molecule has 0 spiro atoms. The first-order valence-electron chi connectivity index (χ1n) is 4.93. The van der Waals surface area contributed by atoms with Crippen molar-refractivity contribution >= 4 is 17.6 Å². The number of thiazole rings is 1. The van der Waals surface area contributed by atoms with Crippen molar-refractivity contribution in [3.8, 4) is 0 Å². The van der Waals surface area contributed by atoms with Gasteiger partial charge in [-0.25, -0.2) is 0 Å². The van der Waals surface area contributed by atoms with Gasteiger partial charge in [-0.1, -0.05) is 0 Å². The third kappa shape index (κ3) is 2.39. The monoisotopic (exact) mass is 210 g/mol. The first-order chi connectivity index (χ1) is 6.88. The van der Waals surface area contributed by atoms with Gasteiger partial charge in [-0.15, -0.1) is 11.3 Å². The first kappa shape index (κ1) is 9.80. The maximum atomic E-state index is 10.7. The summed E-state index contributed by atoms with van der Waals surface area (Å²) in [6.45, 7) is 2.98. The summed E-state index contributed by atoms with van der Waals surface area (Å²) in [5.74, 6) is 0.247. The number of hydrogen-bond donors (Lipinski definition) is 0. The van der Waals surface area contributed by atoms with E-state index in [0.29, 0.717) is 0 Å². The molecule has 1 unspecified atom stereocenters. The fourth-order valence-corrected chi connectivity index (χ4v) is 2.52. The molecule has 1 aromatic rings. The van der Waals surface area contributed by atoms with Crippen LogP contribution in [-0.2, 0) is 11.3 Å². The molecule has 1 aromatic heterocycles. The second-order valence-corrected chi connectivity index (χ2v) is 4.71. The zero-order chi connectivity index (χ0) is 9.80. The highest BCUT2D eigenvalue weighted by Gasteiger charge is 2.19. The van der Waals surface area contributed by atoms with Gasteiger partial charge in [-0.3, -0.25) is 9.88 Å². The number of rotatable bonds is 3. The van der Waals surface area contributed by atoms with E-state index in [1.165, 1.54) is 4.88 Å². The summed E-state index contributed by atoms with van der Waals surface area (Å²) in [5, 5.41) is 0. The molecule has 0 bridgehead atoms. The maximum Gasteiger partial charge on any atom is 0.124 e. The van der Waals surface area contributed by atoms with Crippen molar-refractivity contribution in [3.63, 3.8) is 0 Å². The molecule has 76 valence electrons. The van der Waals surface area contributed by atoms with E-state index in [9.17, 15) is 4.79 Å². The van der Waals surface area contributed by atoms with Crippen LogP contribution in [-0.4, -0.2) is 29.3 Å². The minimum absolute atomic E-state index is 0.247. The molecule has 2 rings (SSSR count). The molecule has 3 nitrogen and oxygen atoms in total. The maximum absolute atomic E-state index is 10.7. The van der Waals surface area contributed by atoms with E-state index in [4.69, 9.17) is 0 Å². The van der Waals surface area contributed by atoms with Gasteiger partial charge in [0.1, 0.15) is 6.29 Å². The van der Waals surface area contributed by atoms with Crippen LogP contribution in [0.4, 0.5) is 0 Å². The number of aldehydes is 1. The van der Waals surface area contributed by atoms with Crippen LogP contribution in [0.3, 0.4) is 0 Å². The van der Waals surface area contributed by atoms with Crippen LogP contribution in [0.5, 0.6) is 0 Å². The van der Waals surface area contributed by atoms with Crippen molar-refractivity contribution in [3.05, 3.63) is 16.6 Å². The zero-order valence-corrected chi connectivity index (χ0v) is 8.87. The summed E-state index contributed by atoms with van der Waals surface area (Å²) < 4.78 is 0. The van der Waals surface area contributed by atoms with Gasteiger partial charge >= 0.3 is 0 Å². The normalized spacial score (nSPS) is 23.6. The summed E-state index contributed by atoms with van der Waals surface area (Å²) in [5.41, 5.74) is 1.86. The molecule has 0 N–H and O–H groups in total. The molecule has 1 atom stereocenters. The molecule has 1 saturated heterocycles. The van der Waals surface area contributed by atoms with Crippen molar-refractivity contribution in [1.82, 2.24) is 9.88 Å². The number of carbonyl (C=O) groups is 1. The number of nitrogens with zero attached hydrogens (tertiary/aromatic N) is 2. The van der Waals surface area contributed by atoms with Crippen LogP contribution in [0.2, 0.25) is 0 Å². The summed E-state index contributed by atoms with van der Waals surface area (Å²) >= 11 is 1.68. The fraction of sp³-hybridized carbons (Fsp3) is 0.600. The Hall–Kier alpha value is -0.740. The lowest BCUT2D eigenvalue weighted by atomic mass is 10.00. The van der Waals surface area contributed by atoms with E-state index in [1.54, 1.807) is 11.3 Å². The quantitative estimate of drug-likeness (QED) is 0.710. The molecule has 0 saturated carbocycles. The van der Waals surface area contributed by atoms with E-state index in [1.807, 2.05) is 11.7 Å². The molecule has 14 heavy (non-hydrogen) atoms. The van der Waals surface area contributed by atoms with Gasteiger partial charge < -0.3 is 4.79 Å². The van der Waals surface area contributed by atoms with Gasteiger partial charge in [0.25, 0.3) is 0 Å². The van der Waals surface area contributed by atoms with Gasteiger partial charge in [-0.2, -0.15) is 0 Å². The second kappa shape index (κ2) is 4.66. The number of carbonyl (C=O) groups excluding carboxylic acids is 1. The predicted molar refractivity (Wildman–Crippen MR) is 56.2 cm³/mol. The van der Waals surface area contributed by atoms with E-state index in [2.05, 4.69) is 9.88 Å². The third-order valence-electron chi connectivity index (χ3n) is 2.60. The zero-order valence-electron chi connectivity index (χ0n) is 8.06. The lowest BCUT2D eigenvalue weighted by Gasteiger charge is -2.29. The van der Waals surface area contributed by atoms with Crippen molar-refractivity contribution in [1.29, 1.82) is 0 Å². The standard InChI is InChI=1S/C10H14N2OS/c13-7-9-2-1-3-12(5-9)6-10-4-11-8-14-10/h4,7-9H,1-3,5-6H2. The molecule has 0 radical (unpaired) electrons. The van der Waals surface area contributed by atoms with E-state index in [0.717, 1.165) is 38.8 Å². The average Bonchev–Trinajstić information content (AvgIpc) is 2.71. The van der Waals surface area contributed by atoms with Gasteiger partial charge in [0.2, 0.25) is 0 Å². The van der Waals surface area contributed by atoms with Crippen molar-refractivity contribution in [2.24, 2.45) is 5.92 Å². The molecule has 1 aliphatic rings. The van der Waals surface area contributed by atoms with Crippen LogP contribution in [0.25, 0.3) is 0 Å². The van der Waals surface area contributed by atoms with Crippen LogP contribution in [0.15, 0.2) is 11.7 Å². The number of aromatic nitrogens is 1. The Morgan fingerprint density at radius 2 is 2.64 bits per heavy atom. The lowest BCUT2D eigenvalue weighted by molar-refractivity contribution is -0.112. The van der Waals surface area contributed by atoms with Crippen molar-refractivity contribution in [2.75, 3.05) is 13.1 Å².